The van der Waals surface area contributed by atoms with Gasteiger partial charge in [-0.2, -0.15) is 0 Å². The number of hydrogen-bond acceptors (Lipinski definition) is 2. The number of urea groups is 1. The van der Waals surface area contributed by atoms with Gasteiger partial charge in [-0.05, 0) is 42.3 Å². The van der Waals surface area contributed by atoms with Gasteiger partial charge in [-0.1, -0.05) is 18.2 Å². The largest absolute Gasteiger partial charge is 0.378 e. The zero-order valence-electron chi connectivity index (χ0n) is 13.0. The van der Waals surface area contributed by atoms with E-state index in [-0.39, 0.29) is 11.8 Å². The fourth-order valence-electron chi connectivity index (χ4n) is 1.94. The summed E-state index contributed by atoms with van der Waals surface area (Å²) in [6.45, 7) is 2.09. The SMILES string of the molecule is Cc1ccc(NC(=O)NCc2ccc(N(C)C)cc2)cc1F. The molecule has 4 nitrogen and oxygen atoms in total. The first-order valence-corrected chi connectivity index (χ1v) is 7.03. The first kappa shape index (κ1) is 15.8. The highest BCUT2D eigenvalue weighted by Crippen LogP contribution is 2.14. The maximum Gasteiger partial charge on any atom is 0.319 e. The van der Waals surface area contributed by atoms with E-state index in [9.17, 15) is 9.18 Å². The van der Waals surface area contributed by atoms with Crippen molar-refractivity contribution in [2.75, 3.05) is 24.3 Å². The Morgan fingerprint density at radius 2 is 1.82 bits per heavy atom. The Kier molecular flexibility index (Phi) is 4.99. The summed E-state index contributed by atoms with van der Waals surface area (Å²) in [5, 5.41) is 5.36. The van der Waals surface area contributed by atoms with E-state index in [0.717, 1.165) is 11.3 Å². The number of halogens is 1. The number of anilines is 2. The van der Waals surface area contributed by atoms with Crippen LogP contribution in [0.4, 0.5) is 20.6 Å². The van der Waals surface area contributed by atoms with Crippen molar-refractivity contribution >= 4 is 17.4 Å². The number of aryl methyl sites for hydroxylation is 1. The van der Waals surface area contributed by atoms with Crippen molar-refractivity contribution in [1.82, 2.24) is 5.32 Å². The van der Waals surface area contributed by atoms with Gasteiger partial charge in [0.2, 0.25) is 0 Å². The van der Waals surface area contributed by atoms with Gasteiger partial charge < -0.3 is 15.5 Å². The fourth-order valence-corrected chi connectivity index (χ4v) is 1.94. The Balaban J connectivity index is 1.88. The van der Waals surface area contributed by atoms with Gasteiger partial charge in [0, 0.05) is 32.0 Å². The number of carbonyl (C=O) groups is 1. The molecular weight excluding hydrogens is 281 g/mol. The molecule has 2 N–H and O–H groups in total. The van der Waals surface area contributed by atoms with Crippen LogP contribution in [0.5, 0.6) is 0 Å². The van der Waals surface area contributed by atoms with Crippen LogP contribution < -0.4 is 15.5 Å². The van der Waals surface area contributed by atoms with Crippen molar-refractivity contribution in [2.24, 2.45) is 0 Å². The molecule has 0 spiro atoms. The molecule has 0 heterocycles. The highest BCUT2D eigenvalue weighted by atomic mass is 19.1. The van der Waals surface area contributed by atoms with Gasteiger partial charge in [0.25, 0.3) is 0 Å². The van der Waals surface area contributed by atoms with Crippen molar-refractivity contribution in [3.8, 4) is 0 Å². The quantitative estimate of drug-likeness (QED) is 0.907. The molecule has 0 aliphatic rings. The number of nitrogens with zero attached hydrogens (tertiary/aromatic N) is 1. The first-order valence-electron chi connectivity index (χ1n) is 7.03. The molecule has 116 valence electrons. The van der Waals surface area contributed by atoms with Crippen LogP contribution in [-0.2, 0) is 6.54 Å². The number of hydrogen-bond donors (Lipinski definition) is 2. The number of benzene rings is 2. The standard InChI is InChI=1S/C17H20FN3O/c1-12-4-7-14(10-16(12)18)20-17(22)19-11-13-5-8-15(9-6-13)21(2)3/h4-10H,11H2,1-3H3,(H2,19,20,22). The van der Waals surface area contributed by atoms with Crippen LogP contribution in [0.2, 0.25) is 0 Å². The average Bonchev–Trinajstić information content (AvgIpc) is 2.49. The summed E-state index contributed by atoms with van der Waals surface area (Å²) < 4.78 is 13.4. The smallest absolute Gasteiger partial charge is 0.319 e. The van der Waals surface area contributed by atoms with Crippen LogP contribution in [0.25, 0.3) is 0 Å². The third-order valence-corrected chi connectivity index (χ3v) is 3.34. The lowest BCUT2D eigenvalue weighted by Crippen LogP contribution is -2.28. The summed E-state index contributed by atoms with van der Waals surface area (Å²) in [5.41, 5.74) is 3.08. The topological polar surface area (TPSA) is 44.4 Å². The van der Waals surface area contributed by atoms with E-state index in [1.54, 1.807) is 19.1 Å². The minimum Gasteiger partial charge on any atom is -0.378 e. The van der Waals surface area contributed by atoms with Gasteiger partial charge in [-0.25, -0.2) is 9.18 Å². The van der Waals surface area contributed by atoms with Crippen molar-refractivity contribution in [2.45, 2.75) is 13.5 Å². The minimum atomic E-state index is -0.361. The van der Waals surface area contributed by atoms with E-state index in [0.29, 0.717) is 17.8 Å². The van der Waals surface area contributed by atoms with E-state index < -0.39 is 0 Å². The zero-order chi connectivity index (χ0) is 16.1. The van der Waals surface area contributed by atoms with E-state index in [2.05, 4.69) is 10.6 Å². The van der Waals surface area contributed by atoms with E-state index in [1.165, 1.54) is 6.07 Å². The van der Waals surface area contributed by atoms with Gasteiger partial charge in [0.1, 0.15) is 5.82 Å². The fraction of sp³-hybridized carbons (Fsp3) is 0.235. The molecular formula is C17H20FN3O. The average molecular weight is 301 g/mol. The summed E-state index contributed by atoms with van der Waals surface area (Å²) in [4.78, 5) is 13.8. The van der Waals surface area contributed by atoms with Gasteiger partial charge in [-0.15, -0.1) is 0 Å². The molecule has 0 radical (unpaired) electrons. The van der Waals surface area contributed by atoms with Crippen LogP contribution in [0, 0.1) is 12.7 Å². The summed E-state index contributed by atoms with van der Waals surface area (Å²) in [6.07, 6.45) is 0. The molecule has 0 aromatic heterocycles. The Labute approximate surface area is 129 Å². The van der Waals surface area contributed by atoms with E-state index in [1.807, 2.05) is 43.3 Å². The normalized spacial score (nSPS) is 10.2. The molecule has 2 rings (SSSR count). The number of rotatable bonds is 4. The first-order chi connectivity index (χ1) is 10.5. The molecule has 0 aliphatic carbocycles. The Hall–Kier alpha value is -2.56. The predicted molar refractivity (Wildman–Crippen MR) is 87.8 cm³/mol. The molecule has 22 heavy (non-hydrogen) atoms. The molecule has 5 heteroatoms. The number of carbonyl (C=O) groups excluding carboxylic acids is 1. The Bertz CT molecular complexity index is 653. The second kappa shape index (κ2) is 6.93. The van der Waals surface area contributed by atoms with Crippen LogP contribution in [0.3, 0.4) is 0 Å². The lowest BCUT2D eigenvalue weighted by molar-refractivity contribution is 0.251. The Morgan fingerprint density at radius 3 is 2.41 bits per heavy atom. The van der Waals surface area contributed by atoms with Crippen molar-refractivity contribution in [1.29, 1.82) is 0 Å². The summed E-state index contributed by atoms with van der Waals surface area (Å²) in [7, 11) is 3.95. The third kappa shape index (κ3) is 4.22. The molecule has 0 bridgehead atoms. The minimum absolute atomic E-state index is 0.336. The Morgan fingerprint density at radius 1 is 1.14 bits per heavy atom. The lowest BCUT2D eigenvalue weighted by Gasteiger charge is -2.13. The monoisotopic (exact) mass is 301 g/mol. The summed E-state index contributed by atoms with van der Waals surface area (Å²) >= 11 is 0. The highest BCUT2D eigenvalue weighted by molar-refractivity contribution is 5.89. The molecule has 0 unspecified atom stereocenters. The van der Waals surface area contributed by atoms with E-state index in [4.69, 9.17) is 0 Å². The highest BCUT2D eigenvalue weighted by Gasteiger charge is 2.04. The van der Waals surface area contributed by atoms with E-state index >= 15 is 0 Å². The van der Waals surface area contributed by atoms with Crippen molar-refractivity contribution in [3.05, 3.63) is 59.4 Å². The molecule has 0 atom stereocenters. The molecule has 2 aromatic carbocycles. The zero-order valence-corrected chi connectivity index (χ0v) is 13.0. The van der Waals surface area contributed by atoms with Gasteiger partial charge in [0.15, 0.2) is 0 Å². The molecule has 2 amide bonds. The van der Waals surface area contributed by atoms with Gasteiger partial charge in [0.05, 0.1) is 0 Å². The molecule has 0 saturated carbocycles. The number of amides is 2. The summed E-state index contributed by atoms with van der Waals surface area (Å²) in [6, 6.07) is 12.1. The van der Waals surface area contributed by atoms with Crippen molar-refractivity contribution in [3.63, 3.8) is 0 Å². The molecule has 0 saturated heterocycles. The van der Waals surface area contributed by atoms with Crippen LogP contribution >= 0.6 is 0 Å². The van der Waals surface area contributed by atoms with Crippen molar-refractivity contribution < 1.29 is 9.18 Å². The van der Waals surface area contributed by atoms with Crippen LogP contribution in [0.15, 0.2) is 42.5 Å². The van der Waals surface area contributed by atoms with Gasteiger partial charge in [-0.3, -0.25) is 0 Å². The third-order valence-electron chi connectivity index (χ3n) is 3.34. The van der Waals surface area contributed by atoms with Gasteiger partial charge >= 0.3 is 6.03 Å². The van der Waals surface area contributed by atoms with Crippen LogP contribution in [-0.4, -0.2) is 20.1 Å². The molecule has 0 aliphatic heterocycles. The predicted octanol–water partition coefficient (Wildman–Crippen LogP) is 3.52. The second-order valence-electron chi connectivity index (χ2n) is 5.33. The number of nitrogens with one attached hydrogen (secondary N) is 2. The maximum atomic E-state index is 13.4. The molecule has 2 aromatic rings. The molecule has 0 fully saturated rings. The summed E-state index contributed by atoms with van der Waals surface area (Å²) in [5.74, 6) is -0.336. The second-order valence-corrected chi connectivity index (χ2v) is 5.33. The maximum absolute atomic E-state index is 13.4. The van der Waals surface area contributed by atoms with Crippen LogP contribution in [0.1, 0.15) is 11.1 Å². The lowest BCUT2D eigenvalue weighted by atomic mass is 10.2.